The lowest BCUT2D eigenvalue weighted by Gasteiger charge is -2.33. The summed E-state index contributed by atoms with van der Waals surface area (Å²) in [7, 11) is 0. The number of hydrogen-bond acceptors (Lipinski definition) is 4. The molecule has 5 nitrogen and oxygen atoms in total. The Bertz CT molecular complexity index is 569. The highest BCUT2D eigenvalue weighted by Crippen LogP contribution is 2.26. The molecule has 0 bridgehead atoms. The fraction of sp³-hybridized carbons (Fsp3) is 0.650. The molecule has 3 fully saturated rings. The van der Waals surface area contributed by atoms with Gasteiger partial charge in [0, 0.05) is 31.1 Å². The van der Waals surface area contributed by atoms with Crippen molar-refractivity contribution in [1.82, 2.24) is 9.80 Å². The van der Waals surface area contributed by atoms with Crippen LogP contribution in [0.3, 0.4) is 0 Å². The summed E-state index contributed by atoms with van der Waals surface area (Å²) in [5.41, 5.74) is 2.10. The monoisotopic (exact) mass is 344 g/mol. The van der Waals surface area contributed by atoms with Crippen LogP contribution in [0, 0.1) is 5.92 Å². The summed E-state index contributed by atoms with van der Waals surface area (Å²) in [6.45, 7) is 6.43. The minimum atomic E-state index is 0.0260. The largest absolute Gasteiger partial charge is 0.350 e. The number of carbonyl (C=O) groups is 1. The third-order valence-electron chi connectivity index (χ3n) is 5.67. The number of carbonyl (C=O) groups excluding carboxylic acids is 1. The van der Waals surface area contributed by atoms with Crippen molar-refractivity contribution in [3.05, 3.63) is 35.4 Å². The van der Waals surface area contributed by atoms with Crippen molar-refractivity contribution in [3.8, 4) is 0 Å². The van der Waals surface area contributed by atoms with Gasteiger partial charge in [-0.25, -0.2) is 0 Å². The lowest BCUT2D eigenvalue weighted by atomic mass is 9.96. The van der Waals surface area contributed by atoms with Gasteiger partial charge >= 0.3 is 0 Å². The van der Waals surface area contributed by atoms with Crippen LogP contribution in [0.4, 0.5) is 0 Å². The molecule has 1 aromatic carbocycles. The number of likely N-dealkylation sites (tertiary alicyclic amines) is 2. The molecule has 3 saturated heterocycles. The Morgan fingerprint density at radius 2 is 1.60 bits per heavy atom. The molecule has 3 heterocycles. The first-order chi connectivity index (χ1) is 12.3. The van der Waals surface area contributed by atoms with Crippen LogP contribution in [-0.2, 0) is 16.0 Å². The maximum absolute atomic E-state index is 12.4. The van der Waals surface area contributed by atoms with E-state index in [0.717, 1.165) is 77.2 Å². The van der Waals surface area contributed by atoms with Gasteiger partial charge in [-0.2, -0.15) is 0 Å². The molecule has 0 radical (unpaired) electrons. The van der Waals surface area contributed by atoms with Gasteiger partial charge in [-0.3, -0.25) is 9.69 Å². The van der Waals surface area contributed by atoms with Gasteiger partial charge in [-0.15, -0.1) is 0 Å². The van der Waals surface area contributed by atoms with Crippen molar-refractivity contribution in [1.29, 1.82) is 0 Å². The standard InChI is InChI=1S/C20H28N2O3/c23-19(22-9-1-2-10-22)17-5-3-16(4-6-17)15-21-11-7-18(8-12-21)20-24-13-14-25-20/h3-6,18,20H,1-2,7-15H2. The molecule has 4 rings (SSSR count). The molecule has 0 unspecified atom stereocenters. The van der Waals surface area contributed by atoms with E-state index in [4.69, 9.17) is 9.47 Å². The molecule has 0 spiro atoms. The summed E-state index contributed by atoms with van der Waals surface area (Å²) in [6.07, 6.45) is 4.57. The fourth-order valence-corrected chi connectivity index (χ4v) is 4.15. The molecule has 0 aliphatic carbocycles. The maximum Gasteiger partial charge on any atom is 0.253 e. The second-order valence-electron chi connectivity index (χ2n) is 7.42. The van der Waals surface area contributed by atoms with Crippen LogP contribution in [0.1, 0.15) is 41.6 Å². The quantitative estimate of drug-likeness (QED) is 0.842. The van der Waals surface area contributed by atoms with Crippen LogP contribution < -0.4 is 0 Å². The van der Waals surface area contributed by atoms with Crippen LogP contribution in [0.2, 0.25) is 0 Å². The van der Waals surface area contributed by atoms with Crippen LogP contribution in [-0.4, -0.2) is 61.4 Å². The van der Waals surface area contributed by atoms with Crippen LogP contribution >= 0.6 is 0 Å². The topological polar surface area (TPSA) is 42.0 Å². The van der Waals surface area contributed by atoms with E-state index >= 15 is 0 Å². The highest BCUT2D eigenvalue weighted by atomic mass is 16.7. The van der Waals surface area contributed by atoms with Gasteiger partial charge in [-0.1, -0.05) is 12.1 Å². The molecule has 0 aromatic heterocycles. The van der Waals surface area contributed by atoms with Crippen molar-refractivity contribution in [2.45, 2.75) is 38.5 Å². The number of rotatable bonds is 4. The number of ether oxygens (including phenoxy) is 2. The summed E-state index contributed by atoms with van der Waals surface area (Å²) in [6, 6.07) is 8.20. The van der Waals surface area contributed by atoms with E-state index in [1.807, 2.05) is 17.0 Å². The predicted octanol–water partition coefficient (Wildman–Crippen LogP) is 2.51. The molecule has 0 atom stereocenters. The number of hydrogen-bond donors (Lipinski definition) is 0. The average molecular weight is 344 g/mol. The van der Waals surface area contributed by atoms with Crippen molar-refractivity contribution >= 4 is 5.91 Å². The second-order valence-corrected chi connectivity index (χ2v) is 7.42. The molecule has 5 heteroatoms. The Balaban J connectivity index is 1.27. The van der Waals surface area contributed by atoms with E-state index in [0.29, 0.717) is 5.92 Å². The van der Waals surface area contributed by atoms with Crippen molar-refractivity contribution in [3.63, 3.8) is 0 Å². The first-order valence-electron chi connectivity index (χ1n) is 9.63. The lowest BCUT2D eigenvalue weighted by molar-refractivity contribution is -0.0977. The highest BCUT2D eigenvalue weighted by molar-refractivity contribution is 5.94. The zero-order valence-electron chi connectivity index (χ0n) is 14.9. The minimum absolute atomic E-state index is 0.0260. The molecule has 0 saturated carbocycles. The SMILES string of the molecule is O=C(c1ccc(CN2CCC(C3OCCO3)CC2)cc1)N1CCCC1. The molecular weight excluding hydrogens is 316 g/mol. The van der Waals surface area contributed by atoms with Crippen molar-refractivity contribution < 1.29 is 14.3 Å². The highest BCUT2D eigenvalue weighted by Gasteiger charge is 2.30. The molecule has 3 aliphatic heterocycles. The van der Waals surface area contributed by atoms with E-state index in [2.05, 4.69) is 17.0 Å². The lowest BCUT2D eigenvalue weighted by Crippen LogP contribution is -2.37. The van der Waals surface area contributed by atoms with Gasteiger partial charge in [0.2, 0.25) is 0 Å². The van der Waals surface area contributed by atoms with Gasteiger partial charge in [-0.05, 0) is 56.5 Å². The summed E-state index contributed by atoms with van der Waals surface area (Å²) >= 11 is 0. The Labute approximate surface area is 149 Å². The molecule has 25 heavy (non-hydrogen) atoms. The van der Waals surface area contributed by atoms with Gasteiger partial charge in [0.05, 0.1) is 13.2 Å². The van der Waals surface area contributed by atoms with E-state index in [1.165, 1.54) is 5.56 Å². The summed E-state index contributed by atoms with van der Waals surface area (Å²) in [5.74, 6) is 0.723. The minimum Gasteiger partial charge on any atom is -0.350 e. The van der Waals surface area contributed by atoms with Crippen LogP contribution in [0.25, 0.3) is 0 Å². The van der Waals surface area contributed by atoms with Gasteiger partial charge in [0.1, 0.15) is 0 Å². The van der Waals surface area contributed by atoms with Crippen molar-refractivity contribution in [2.24, 2.45) is 5.92 Å². The maximum atomic E-state index is 12.4. The average Bonchev–Trinajstić information content (AvgIpc) is 3.36. The van der Waals surface area contributed by atoms with E-state index in [1.54, 1.807) is 0 Å². The zero-order chi connectivity index (χ0) is 17.1. The molecule has 1 amide bonds. The normalized spacial score (nSPS) is 23.4. The third-order valence-corrected chi connectivity index (χ3v) is 5.67. The van der Waals surface area contributed by atoms with Crippen molar-refractivity contribution in [2.75, 3.05) is 39.4 Å². The third kappa shape index (κ3) is 4.05. The summed E-state index contributed by atoms with van der Waals surface area (Å²) in [5, 5.41) is 0. The molecular formula is C20H28N2O3. The van der Waals surface area contributed by atoms with Gasteiger partial charge in [0.15, 0.2) is 6.29 Å². The smallest absolute Gasteiger partial charge is 0.253 e. The zero-order valence-corrected chi connectivity index (χ0v) is 14.9. The number of nitrogens with zero attached hydrogens (tertiary/aromatic N) is 2. The van der Waals surface area contributed by atoms with Crippen LogP contribution in [0.5, 0.6) is 0 Å². The molecule has 0 N–H and O–H groups in total. The fourth-order valence-electron chi connectivity index (χ4n) is 4.15. The first-order valence-corrected chi connectivity index (χ1v) is 9.63. The van der Waals surface area contributed by atoms with E-state index < -0.39 is 0 Å². The first kappa shape index (κ1) is 17.0. The van der Waals surface area contributed by atoms with E-state index in [-0.39, 0.29) is 12.2 Å². The predicted molar refractivity (Wildman–Crippen MR) is 95.3 cm³/mol. The Morgan fingerprint density at radius 1 is 0.960 bits per heavy atom. The number of amides is 1. The van der Waals surface area contributed by atoms with Gasteiger partial charge in [0.25, 0.3) is 5.91 Å². The molecule has 1 aromatic rings. The summed E-state index contributed by atoms with van der Waals surface area (Å²) in [4.78, 5) is 16.9. The van der Waals surface area contributed by atoms with E-state index in [9.17, 15) is 4.79 Å². The summed E-state index contributed by atoms with van der Waals surface area (Å²) < 4.78 is 11.3. The van der Waals surface area contributed by atoms with Crippen LogP contribution in [0.15, 0.2) is 24.3 Å². The molecule has 136 valence electrons. The number of piperidine rings is 1. The van der Waals surface area contributed by atoms with Gasteiger partial charge < -0.3 is 14.4 Å². The Hall–Kier alpha value is -1.43. The Morgan fingerprint density at radius 3 is 2.24 bits per heavy atom. The Kier molecular flexibility index (Phi) is 5.34. The number of benzene rings is 1. The molecule has 3 aliphatic rings. The second kappa shape index (κ2) is 7.85.